The molecule has 0 saturated heterocycles. The minimum absolute atomic E-state index is 0.202. The van der Waals surface area contributed by atoms with E-state index >= 15 is 0 Å². The van der Waals surface area contributed by atoms with Gasteiger partial charge in [-0.05, 0) is 0 Å². The third-order valence-electron chi connectivity index (χ3n) is 1.11. The summed E-state index contributed by atoms with van der Waals surface area (Å²) in [4.78, 5) is 9.87. The van der Waals surface area contributed by atoms with Crippen LogP contribution in [-0.2, 0) is 0 Å². The van der Waals surface area contributed by atoms with Gasteiger partial charge >= 0.3 is 0 Å². The number of aliphatic hydroxyl groups is 1. The molecule has 2 N–H and O–H groups in total. The van der Waals surface area contributed by atoms with E-state index in [9.17, 15) is 9.90 Å². The van der Waals surface area contributed by atoms with Crippen LogP contribution in [0.3, 0.4) is 0 Å². The van der Waals surface area contributed by atoms with Crippen LogP contribution in [0.2, 0.25) is 0 Å². The third kappa shape index (κ3) is 4.21. The molecule has 0 aromatic heterocycles. The summed E-state index contributed by atoms with van der Waals surface area (Å²) < 4.78 is -1.55. The Morgan fingerprint density at radius 2 is 2.17 bits per heavy atom. The van der Waals surface area contributed by atoms with Crippen molar-refractivity contribution in [3.63, 3.8) is 0 Å². The Hall–Kier alpha value is 0.1000. The van der Waals surface area contributed by atoms with Crippen molar-refractivity contribution in [3.8, 4) is 0 Å². The van der Waals surface area contributed by atoms with E-state index in [0.717, 1.165) is 0 Å². The largest absolute Gasteiger partial charge is 0.530 e. The van der Waals surface area contributed by atoms with Gasteiger partial charge < -0.3 is 20.3 Å². The molecule has 0 radical (unpaired) electrons. The molecular formula is C5H7Cl3NO3-. The number of rotatable bonds is 4. The van der Waals surface area contributed by atoms with Gasteiger partial charge in [-0.1, -0.05) is 23.2 Å². The molecule has 0 aromatic carbocycles. The van der Waals surface area contributed by atoms with Crippen molar-refractivity contribution >= 4 is 40.9 Å². The smallest absolute Gasteiger partial charge is 0.159 e. The number of aliphatic hydroxyl groups excluding tert-OH is 1. The van der Waals surface area contributed by atoms with Gasteiger partial charge in [-0.2, -0.15) is 0 Å². The topological polar surface area (TPSA) is 72.4 Å². The molecule has 0 heterocycles. The normalized spacial score (nSPS) is 14.0. The van der Waals surface area contributed by atoms with E-state index in [2.05, 4.69) is 0 Å². The standard InChI is InChI=1S/C5H8Cl3NO3/c6-2-5(7,8)3(10)1-9-4(11)12/h3,9-10H,1-2H2,(H,11,12)/p-1. The molecule has 12 heavy (non-hydrogen) atoms. The molecule has 0 aliphatic heterocycles. The van der Waals surface area contributed by atoms with Gasteiger partial charge in [-0.3, -0.25) is 0 Å². The van der Waals surface area contributed by atoms with Crippen molar-refractivity contribution in [1.29, 1.82) is 0 Å². The number of halogens is 3. The van der Waals surface area contributed by atoms with Gasteiger partial charge in [-0.15, -0.1) is 11.6 Å². The molecule has 72 valence electrons. The highest BCUT2D eigenvalue weighted by molar-refractivity contribution is 6.51. The fourth-order valence-electron chi connectivity index (χ4n) is 0.418. The van der Waals surface area contributed by atoms with Crippen molar-refractivity contribution in [2.45, 2.75) is 10.4 Å². The number of carbonyl (C=O) groups is 1. The first-order valence-electron chi connectivity index (χ1n) is 2.97. The molecule has 1 atom stereocenters. The van der Waals surface area contributed by atoms with Crippen molar-refractivity contribution < 1.29 is 15.0 Å². The number of alkyl halides is 3. The van der Waals surface area contributed by atoms with Gasteiger partial charge in [0.05, 0.1) is 5.88 Å². The quantitative estimate of drug-likeness (QED) is 0.657. The lowest BCUT2D eigenvalue weighted by Crippen LogP contribution is -2.46. The molecule has 0 bridgehead atoms. The van der Waals surface area contributed by atoms with Crippen LogP contribution in [0.5, 0.6) is 0 Å². The van der Waals surface area contributed by atoms with Crippen LogP contribution in [0.25, 0.3) is 0 Å². The van der Waals surface area contributed by atoms with E-state index in [4.69, 9.17) is 39.9 Å². The predicted molar refractivity (Wildman–Crippen MR) is 44.6 cm³/mol. The van der Waals surface area contributed by atoms with Gasteiger partial charge in [0.25, 0.3) is 0 Å². The zero-order valence-electron chi connectivity index (χ0n) is 5.89. The molecule has 0 aliphatic carbocycles. The Bertz CT molecular complexity index is 164. The fourth-order valence-corrected chi connectivity index (χ4v) is 0.751. The average Bonchev–Trinajstić information content (AvgIpc) is 2.00. The number of amides is 1. The van der Waals surface area contributed by atoms with Crippen molar-refractivity contribution in [1.82, 2.24) is 5.32 Å². The summed E-state index contributed by atoms with van der Waals surface area (Å²) in [6, 6.07) is 0. The zero-order chi connectivity index (χ0) is 9.78. The molecule has 0 saturated carbocycles. The summed E-state index contributed by atoms with van der Waals surface area (Å²) >= 11 is 16.3. The van der Waals surface area contributed by atoms with E-state index in [-0.39, 0.29) is 12.4 Å². The maximum absolute atomic E-state index is 9.87. The molecule has 1 unspecified atom stereocenters. The molecular weight excluding hydrogens is 228 g/mol. The van der Waals surface area contributed by atoms with Crippen LogP contribution in [0.15, 0.2) is 0 Å². The Morgan fingerprint density at radius 1 is 1.67 bits per heavy atom. The monoisotopic (exact) mass is 234 g/mol. The van der Waals surface area contributed by atoms with E-state index in [1.807, 2.05) is 5.32 Å². The van der Waals surface area contributed by atoms with Gasteiger partial charge in [0.1, 0.15) is 12.2 Å². The van der Waals surface area contributed by atoms with Gasteiger partial charge in [0, 0.05) is 6.54 Å². The Balaban J connectivity index is 3.86. The SMILES string of the molecule is O=C([O-])NCC(O)C(Cl)(Cl)CCl. The second kappa shape index (κ2) is 4.97. The van der Waals surface area contributed by atoms with Crippen molar-refractivity contribution in [3.05, 3.63) is 0 Å². The van der Waals surface area contributed by atoms with Crippen LogP contribution in [-0.4, -0.2) is 34.1 Å². The van der Waals surface area contributed by atoms with Crippen molar-refractivity contribution in [2.24, 2.45) is 0 Å². The maximum atomic E-state index is 9.87. The molecule has 7 heteroatoms. The zero-order valence-corrected chi connectivity index (χ0v) is 8.16. The summed E-state index contributed by atoms with van der Waals surface area (Å²) in [5.74, 6) is -0.202. The molecule has 0 spiro atoms. The lowest BCUT2D eigenvalue weighted by atomic mass is 10.2. The molecule has 0 aliphatic rings. The van der Waals surface area contributed by atoms with Crippen LogP contribution in [0.1, 0.15) is 0 Å². The second-order valence-corrected chi connectivity index (χ2v) is 3.89. The summed E-state index contributed by atoms with van der Waals surface area (Å²) in [7, 11) is 0. The average molecular weight is 235 g/mol. The lowest BCUT2D eigenvalue weighted by Gasteiger charge is -2.23. The van der Waals surface area contributed by atoms with E-state index in [0.29, 0.717) is 0 Å². The van der Waals surface area contributed by atoms with E-state index in [1.165, 1.54) is 0 Å². The molecule has 1 amide bonds. The fraction of sp³-hybridized carbons (Fsp3) is 0.800. The lowest BCUT2D eigenvalue weighted by molar-refractivity contribution is -0.251. The van der Waals surface area contributed by atoms with Gasteiger partial charge in [0.15, 0.2) is 4.33 Å². The number of nitrogens with one attached hydrogen (secondary N) is 1. The third-order valence-corrected chi connectivity index (χ3v) is 2.57. The Kier molecular flexibility index (Phi) is 5.01. The van der Waals surface area contributed by atoms with Gasteiger partial charge in [0.2, 0.25) is 0 Å². The first kappa shape index (κ1) is 12.1. The van der Waals surface area contributed by atoms with E-state index in [1.54, 1.807) is 0 Å². The molecule has 4 nitrogen and oxygen atoms in total. The molecule has 0 fully saturated rings. The predicted octanol–water partition coefficient (Wildman–Crippen LogP) is -0.307. The summed E-state index contributed by atoms with van der Waals surface area (Å²) in [6.07, 6.45) is -2.77. The van der Waals surface area contributed by atoms with Crippen molar-refractivity contribution in [2.75, 3.05) is 12.4 Å². The highest BCUT2D eigenvalue weighted by Gasteiger charge is 2.32. The molecule has 0 rings (SSSR count). The Labute approximate surface area is 84.4 Å². The summed E-state index contributed by atoms with van der Waals surface area (Å²) in [5, 5.41) is 20.8. The van der Waals surface area contributed by atoms with E-state index < -0.39 is 16.5 Å². The first-order chi connectivity index (χ1) is 5.40. The number of carbonyl (C=O) groups excluding carboxylic acids is 1. The molecule has 0 aromatic rings. The first-order valence-corrected chi connectivity index (χ1v) is 4.26. The summed E-state index contributed by atoms with van der Waals surface area (Å²) in [6.45, 7) is -0.317. The second-order valence-electron chi connectivity index (χ2n) is 2.08. The summed E-state index contributed by atoms with van der Waals surface area (Å²) in [5.41, 5.74) is 0. The van der Waals surface area contributed by atoms with Crippen LogP contribution in [0, 0.1) is 0 Å². The minimum atomic E-state index is -1.55. The van der Waals surface area contributed by atoms with Crippen LogP contribution in [0.4, 0.5) is 4.79 Å². The number of hydrogen-bond donors (Lipinski definition) is 2. The van der Waals surface area contributed by atoms with Crippen LogP contribution < -0.4 is 10.4 Å². The Morgan fingerprint density at radius 3 is 2.50 bits per heavy atom. The number of hydrogen-bond acceptors (Lipinski definition) is 3. The highest BCUT2D eigenvalue weighted by atomic mass is 35.5. The maximum Gasteiger partial charge on any atom is 0.159 e. The van der Waals surface area contributed by atoms with Gasteiger partial charge in [-0.25, -0.2) is 0 Å². The minimum Gasteiger partial charge on any atom is -0.530 e. The van der Waals surface area contributed by atoms with Crippen LogP contribution >= 0.6 is 34.8 Å². The highest BCUT2D eigenvalue weighted by Crippen LogP contribution is 2.26. The number of carboxylic acid groups (broad SMARTS) is 1.